The highest BCUT2D eigenvalue weighted by Crippen LogP contribution is 2.40. The van der Waals surface area contributed by atoms with Gasteiger partial charge in [-0.1, -0.05) is 12.1 Å². The van der Waals surface area contributed by atoms with Crippen LogP contribution in [-0.4, -0.2) is 44.6 Å². The average Bonchev–Trinajstić information content (AvgIpc) is 3.01. The molecule has 3 rings (SSSR count). The summed E-state index contributed by atoms with van der Waals surface area (Å²) in [6, 6.07) is 6.54. The number of aromatic nitrogens is 2. The molecule has 1 aromatic heterocycles. The van der Waals surface area contributed by atoms with Crippen molar-refractivity contribution in [1.82, 2.24) is 14.7 Å². The van der Waals surface area contributed by atoms with Gasteiger partial charge in [0.05, 0.1) is 29.0 Å². The minimum Gasteiger partial charge on any atom is -0.507 e. The van der Waals surface area contributed by atoms with Crippen molar-refractivity contribution in [3.05, 3.63) is 52.4 Å². The molecule has 1 aromatic carbocycles. The van der Waals surface area contributed by atoms with Crippen molar-refractivity contribution in [2.24, 2.45) is 7.05 Å². The molecule has 1 N–H and O–H groups in total. The maximum Gasteiger partial charge on any atom is 0.295 e. The molecule has 0 spiro atoms. The number of nitrogens with zero attached hydrogens (tertiary/aromatic N) is 3. The first-order valence-corrected chi connectivity index (χ1v) is 9.15. The number of benzene rings is 1. The lowest BCUT2D eigenvalue weighted by Crippen LogP contribution is -2.24. The number of likely N-dealkylation sites (N-methyl/N-ethyl adjacent to an activating group) is 1. The predicted molar refractivity (Wildman–Crippen MR) is 105 cm³/mol. The van der Waals surface area contributed by atoms with Crippen molar-refractivity contribution < 1.29 is 19.4 Å². The van der Waals surface area contributed by atoms with Crippen LogP contribution in [0.3, 0.4) is 0 Å². The van der Waals surface area contributed by atoms with Gasteiger partial charge in [0.25, 0.3) is 11.7 Å². The SMILES string of the molecule is Cc1nn(C)c(C)c1/C(O)=C1\C(=O)C(=O)N(C)C1c1cccc(OC(C)C)c1. The van der Waals surface area contributed by atoms with E-state index in [1.807, 2.05) is 39.0 Å². The van der Waals surface area contributed by atoms with Gasteiger partial charge in [0.1, 0.15) is 11.5 Å². The molecule has 7 heteroatoms. The number of carbonyl (C=O) groups is 2. The van der Waals surface area contributed by atoms with Crippen LogP contribution >= 0.6 is 0 Å². The van der Waals surface area contributed by atoms with Gasteiger partial charge in [-0.2, -0.15) is 5.10 Å². The highest BCUT2D eigenvalue weighted by Gasteiger charge is 2.44. The highest BCUT2D eigenvalue weighted by atomic mass is 16.5. The topological polar surface area (TPSA) is 84.7 Å². The first-order valence-electron chi connectivity index (χ1n) is 9.15. The predicted octanol–water partition coefficient (Wildman–Crippen LogP) is 2.88. The quantitative estimate of drug-likeness (QED) is 0.499. The van der Waals surface area contributed by atoms with E-state index in [9.17, 15) is 14.7 Å². The number of hydrogen-bond acceptors (Lipinski definition) is 5. The van der Waals surface area contributed by atoms with Gasteiger partial charge in [0.2, 0.25) is 0 Å². The molecular weight excluding hydrogens is 358 g/mol. The van der Waals surface area contributed by atoms with Crippen LogP contribution < -0.4 is 4.74 Å². The van der Waals surface area contributed by atoms with Crippen LogP contribution in [0.25, 0.3) is 5.76 Å². The molecule has 1 fully saturated rings. The summed E-state index contributed by atoms with van der Waals surface area (Å²) in [6.45, 7) is 7.42. The van der Waals surface area contributed by atoms with Crippen LogP contribution in [0.2, 0.25) is 0 Å². The zero-order valence-corrected chi connectivity index (χ0v) is 17.0. The average molecular weight is 383 g/mol. The Hall–Kier alpha value is -3.09. The summed E-state index contributed by atoms with van der Waals surface area (Å²) in [4.78, 5) is 26.5. The normalized spacial score (nSPS) is 19.0. The molecule has 0 saturated carbocycles. The van der Waals surface area contributed by atoms with Crippen LogP contribution in [0.1, 0.15) is 42.4 Å². The van der Waals surface area contributed by atoms with E-state index in [2.05, 4.69) is 5.10 Å². The first kappa shape index (κ1) is 19.7. The number of rotatable bonds is 4. The number of ketones is 1. The van der Waals surface area contributed by atoms with Gasteiger partial charge in [0.15, 0.2) is 0 Å². The monoisotopic (exact) mass is 383 g/mol. The number of aryl methyl sites for hydroxylation is 2. The van der Waals surface area contributed by atoms with Crippen molar-refractivity contribution in [1.29, 1.82) is 0 Å². The lowest BCUT2D eigenvalue weighted by atomic mass is 9.94. The molecule has 7 nitrogen and oxygen atoms in total. The van der Waals surface area contributed by atoms with Gasteiger partial charge in [-0.25, -0.2) is 0 Å². The van der Waals surface area contributed by atoms with Crippen molar-refractivity contribution in [2.45, 2.75) is 39.8 Å². The number of carbonyl (C=O) groups excluding carboxylic acids is 2. The largest absolute Gasteiger partial charge is 0.507 e. The molecule has 28 heavy (non-hydrogen) atoms. The van der Waals surface area contributed by atoms with E-state index in [1.165, 1.54) is 4.90 Å². The minimum atomic E-state index is -0.706. The van der Waals surface area contributed by atoms with Gasteiger partial charge < -0.3 is 14.7 Å². The number of likely N-dealkylation sites (tertiary alicyclic amines) is 1. The molecule has 148 valence electrons. The van der Waals surface area contributed by atoms with Crippen LogP contribution in [-0.2, 0) is 16.6 Å². The Morgan fingerprint density at radius 2 is 1.89 bits per heavy atom. The molecule has 2 aromatic rings. The molecule has 0 radical (unpaired) electrons. The number of hydrogen-bond donors (Lipinski definition) is 1. The van der Waals surface area contributed by atoms with E-state index in [4.69, 9.17) is 4.74 Å². The minimum absolute atomic E-state index is 0.0103. The van der Waals surface area contributed by atoms with Gasteiger partial charge in [0, 0.05) is 19.8 Å². The van der Waals surface area contributed by atoms with E-state index >= 15 is 0 Å². The maximum atomic E-state index is 12.7. The van der Waals surface area contributed by atoms with Crippen LogP contribution in [0.15, 0.2) is 29.8 Å². The Balaban J connectivity index is 2.19. The number of amides is 1. The zero-order valence-electron chi connectivity index (χ0n) is 17.0. The van der Waals surface area contributed by atoms with Crippen LogP contribution in [0, 0.1) is 13.8 Å². The summed E-state index contributed by atoms with van der Waals surface area (Å²) in [5.41, 5.74) is 2.55. The summed E-state index contributed by atoms with van der Waals surface area (Å²) in [7, 11) is 3.33. The van der Waals surface area contributed by atoms with Crippen molar-refractivity contribution in [3.8, 4) is 5.75 Å². The van der Waals surface area contributed by atoms with Gasteiger partial charge in [-0.15, -0.1) is 0 Å². The Labute approximate surface area is 164 Å². The molecule has 1 aliphatic rings. The van der Waals surface area contributed by atoms with Crippen molar-refractivity contribution in [2.75, 3.05) is 7.05 Å². The Morgan fingerprint density at radius 3 is 2.46 bits per heavy atom. The molecular formula is C21H25N3O4. The molecule has 0 aliphatic carbocycles. The lowest BCUT2D eigenvalue weighted by molar-refractivity contribution is -0.139. The molecule has 2 heterocycles. The smallest absolute Gasteiger partial charge is 0.295 e. The summed E-state index contributed by atoms with van der Waals surface area (Å²) in [5.74, 6) is -0.921. The van der Waals surface area contributed by atoms with E-state index in [0.29, 0.717) is 28.3 Å². The third kappa shape index (κ3) is 3.17. The Bertz CT molecular complexity index is 988. The molecule has 1 saturated heterocycles. The zero-order chi connectivity index (χ0) is 20.7. The Morgan fingerprint density at radius 1 is 1.21 bits per heavy atom. The summed E-state index contributed by atoms with van der Waals surface area (Å²) in [6.07, 6.45) is -0.0103. The van der Waals surface area contributed by atoms with Crippen LogP contribution in [0.4, 0.5) is 0 Å². The fourth-order valence-corrected chi connectivity index (χ4v) is 3.62. The van der Waals surface area contributed by atoms with E-state index in [-0.39, 0.29) is 17.4 Å². The third-order valence-electron chi connectivity index (χ3n) is 4.97. The fourth-order valence-electron chi connectivity index (χ4n) is 3.62. The van der Waals surface area contributed by atoms with Crippen molar-refractivity contribution >= 4 is 17.4 Å². The second-order valence-electron chi connectivity index (χ2n) is 7.32. The maximum absolute atomic E-state index is 12.7. The molecule has 0 bridgehead atoms. The number of aliphatic hydroxyl groups excluding tert-OH is 1. The molecule has 1 atom stereocenters. The second-order valence-corrected chi connectivity index (χ2v) is 7.32. The fraction of sp³-hybridized carbons (Fsp3) is 0.381. The summed E-state index contributed by atoms with van der Waals surface area (Å²) < 4.78 is 7.38. The summed E-state index contributed by atoms with van der Waals surface area (Å²) in [5, 5.41) is 15.3. The second kappa shape index (κ2) is 7.14. The van der Waals surface area contributed by atoms with Gasteiger partial charge in [-0.05, 0) is 45.4 Å². The van der Waals surface area contributed by atoms with Crippen LogP contribution in [0.5, 0.6) is 5.75 Å². The van der Waals surface area contributed by atoms with E-state index < -0.39 is 17.7 Å². The van der Waals surface area contributed by atoms with Gasteiger partial charge in [-0.3, -0.25) is 14.3 Å². The standard InChI is InChI=1S/C21H25N3O4/c1-11(2)28-15-9-7-8-14(10-15)18-17(20(26)21(27)23(18)5)19(25)16-12(3)22-24(6)13(16)4/h7-11,18,25H,1-6H3/b19-17+. The number of Topliss-reactive ketones (excluding diaryl/α,β-unsaturated/α-hetero) is 1. The lowest BCUT2D eigenvalue weighted by Gasteiger charge is -2.22. The van der Waals surface area contributed by atoms with Gasteiger partial charge >= 0.3 is 0 Å². The van der Waals surface area contributed by atoms with E-state index in [0.717, 1.165) is 0 Å². The summed E-state index contributed by atoms with van der Waals surface area (Å²) >= 11 is 0. The van der Waals surface area contributed by atoms with Crippen molar-refractivity contribution in [3.63, 3.8) is 0 Å². The molecule has 1 amide bonds. The highest BCUT2D eigenvalue weighted by molar-refractivity contribution is 6.46. The molecule has 1 unspecified atom stereocenters. The number of ether oxygens (including phenoxy) is 1. The third-order valence-corrected chi connectivity index (χ3v) is 4.97. The first-order chi connectivity index (χ1) is 13.1. The number of aliphatic hydroxyl groups is 1. The van der Waals surface area contributed by atoms with E-state index in [1.54, 1.807) is 31.8 Å². The molecule has 1 aliphatic heterocycles. The Kier molecular flexibility index (Phi) is 5.02.